The molecule has 0 amide bonds. The van der Waals surface area contributed by atoms with Gasteiger partial charge in [-0.2, -0.15) is 0 Å². The molecule has 4 nitrogen and oxygen atoms in total. The predicted octanol–water partition coefficient (Wildman–Crippen LogP) is 8.04. The van der Waals surface area contributed by atoms with Gasteiger partial charge in [0.05, 0.1) is 12.7 Å². The third kappa shape index (κ3) is 4.84. The molecule has 7 rings (SSSR count). The Balaban J connectivity index is 1.38. The molecule has 4 saturated carbocycles. The van der Waals surface area contributed by atoms with E-state index in [0.717, 1.165) is 59.3 Å². The summed E-state index contributed by atoms with van der Waals surface area (Å²) in [4.78, 5) is 11.9. The van der Waals surface area contributed by atoms with E-state index < -0.39 is 6.29 Å². The second kappa shape index (κ2) is 10.4. The number of carbonyl (C=O) groups is 1. The summed E-state index contributed by atoms with van der Waals surface area (Å²) in [5.74, 6) is 3.06. The van der Waals surface area contributed by atoms with Crippen molar-refractivity contribution in [2.45, 2.75) is 82.8 Å². The number of esters is 1. The monoisotopic (exact) mass is 512 g/mol. The number of aliphatic hydroxyl groups excluding tert-OH is 1. The Morgan fingerprint density at radius 1 is 0.895 bits per heavy atom. The van der Waals surface area contributed by atoms with Crippen LogP contribution in [-0.4, -0.2) is 24.5 Å². The number of hydrogen-bond acceptors (Lipinski definition) is 4. The summed E-state index contributed by atoms with van der Waals surface area (Å²) in [5.41, 5.74) is 4.23. The van der Waals surface area contributed by atoms with Gasteiger partial charge < -0.3 is 14.6 Å². The molecule has 1 atom stereocenters. The van der Waals surface area contributed by atoms with Crippen molar-refractivity contribution in [3.8, 4) is 16.9 Å². The Bertz CT molecular complexity index is 1270. The Hall–Kier alpha value is -2.85. The van der Waals surface area contributed by atoms with Crippen LogP contribution in [-0.2, 0) is 10.2 Å². The zero-order valence-electron chi connectivity index (χ0n) is 22.7. The second-order valence-electron chi connectivity index (χ2n) is 12.2. The normalized spacial score (nSPS) is 26.4. The molecule has 0 aromatic heterocycles. The third-order valence-electron chi connectivity index (χ3n) is 9.51. The van der Waals surface area contributed by atoms with Crippen molar-refractivity contribution in [2.75, 3.05) is 7.11 Å². The fourth-order valence-electron chi connectivity index (χ4n) is 8.10. The molecule has 0 heterocycles. The van der Waals surface area contributed by atoms with E-state index in [1.54, 1.807) is 0 Å². The van der Waals surface area contributed by atoms with Crippen LogP contribution in [0.25, 0.3) is 21.9 Å². The van der Waals surface area contributed by atoms with Crippen molar-refractivity contribution >= 4 is 16.7 Å². The average Bonchev–Trinajstić information content (AvgIpc) is 2.91. The van der Waals surface area contributed by atoms with Crippen LogP contribution in [0.5, 0.6) is 5.75 Å². The van der Waals surface area contributed by atoms with Crippen LogP contribution >= 0.6 is 0 Å². The van der Waals surface area contributed by atoms with Gasteiger partial charge in [0, 0.05) is 12.0 Å². The van der Waals surface area contributed by atoms with Crippen LogP contribution in [0.1, 0.15) is 87.1 Å². The van der Waals surface area contributed by atoms with E-state index in [9.17, 15) is 9.90 Å². The van der Waals surface area contributed by atoms with E-state index in [1.807, 2.05) is 24.3 Å². The van der Waals surface area contributed by atoms with Crippen LogP contribution in [0.2, 0.25) is 0 Å². The van der Waals surface area contributed by atoms with E-state index >= 15 is 0 Å². The number of benzene rings is 3. The van der Waals surface area contributed by atoms with E-state index in [0.29, 0.717) is 12.0 Å². The molecule has 4 aliphatic carbocycles. The van der Waals surface area contributed by atoms with Crippen molar-refractivity contribution in [1.82, 2.24) is 0 Å². The number of aliphatic hydroxyl groups is 1. The molecule has 4 heteroatoms. The van der Waals surface area contributed by atoms with Crippen molar-refractivity contribution < 1.29 is 19.4 Å². The highest BCUT2D eigenvalue weighted by molar-refractivity contribution is 5.92. The molecule has 4 bridgehead atoms. The zero-order chi connectivity index (χ0) is 26.3. The topological polar surface area (TPSA) is 55.8 Å². The van der Waals surface area contributed by atoms with Gasteiger partial charge in [0.15, 0.2) is 6.29 Å². The summed E-state index contributed by atoms with van der Waals surface area (Å²) >= 11 is 0. The molecule has 0 radical (unpaired) electrons. The lowest BCUT2D eigenvalue weighted by molar-refractivity contribution is -0.0326. The zero-order valence-corrected chi connectivity index (χ0v) is 22.7. The number of fused-ring (bicyclic) bond motifs is 1. The van der Waals surface area contributed by atoms with Gasteiger partial charge in [0.25, 0.3) is 0 Å². The number of carbonyl (C=O) groups excluding carboxylic acids is 1. The molecule has 1 unspecified atom stereocenters. The Morgan fingerprint density at radius 3 is 2.18 bits per heavy atom. The van der Waals surface area contributed by atoms with E-state index in [1.165, 1.54) is 56.6 Å². The summed E-state index contributed by atoms with van der Waals surface area (Å²) in [7, 11) is 1.41. The maximum Gasteiger partial charge on any atom is 0.337 e. The van der Waals surface area contributed by atoms with Crippen molar-refractivity contribution in [2.24, 2.45) is 17.8 Å². The van der Waals surface area contributed by atoms with Gasteiger partial charge in [-0.05, 0) is 120 Å². The van der Waals surface area contributed by atoms with Crippen LogP contribution in [0.3, 0.4) is 0 Å². The quantitative estimate of drug-likeness (QED) is 0.179. The molecule has 4 fully saturated rings. The lowest BCUT2D eigenvalue weighted by Gasteiger charge is -2.57. The van der Waals surface area contributed by atoms with Crippen molar-refractivity contribution in [3.63, 3.8) is 0 Å². The summed E-state index contributed by atoms with van der Waals surface area (Å²) in [6, 6.07) is 18.7. The summed E-state index contributed by atoms with van der Waals surface area (Å²) < 4.78 is 11.2. The number of hydrogen-bond donors (Lipinski definition) is 1. The van der Waals surface area contributed by atoms with Crippen molar-refractivity contribution in [1.29, 1.82) is 0 Å². The average molecular weight is 513 g/mol. The van der Waals surface area contributed by atoms with Gasteiger partial charge >= 0.3 is 5.97 Å². The standard InChI is InChI=1S/C34H40O4/c1-3-4-5-6-32(35)38-31-18-28-12-11-27(25-7-9-26(10-8-25)33(36)37-2)16-29(28)17-30(31)34-19-22-13-23(20-34)15-24(14-22)21-34/h7-12,16-18,22-24,32,35H,3-6,13-15,19-21H2,1-2H3. The van der Waals surface area contributed by atoms with Gasteiger partial charge in [-0.1, -0.05) is 44.0 Å². The molecule has 0 aliphatic heterocycles. The molecular weight excluding hydrogens is 472 g/mol. The highest BCUT2D eigenvalue weighted by atomic mass is 16.6. The fourth-order valence-corrected chi connectivity index (χ4v) is 8.10. The molecule has 38 heavy (non-hydrogen) atoms. The van der Waals surface area contributed by atoms with E-state index in [2.05, 4.69) is 37.3 Å². The predicted molar refractivity (Wildman–Crippen MR) is 151 cm³/mol. The molecular formula is C34H40O4. The molecule has 1 N–H and O–H groups in total. The van der Waals surface area contributed by atoms with Gasteiger partial charge in [0.1, 0.15) is 5.75 Å². The van der Waals surface area contributed by atoms with Crippen LogP contribution < -0.4 is 4.74 Å². The SMILES string of the molecule is CCCCCC(O)Oc1cc2ccc(-c3ccc(C(=O)OC)cc3)cc2cc1C12CC3CC(CC(C3)C1)C2. The Kier molecular flexibility index (Phi) is 6.94. The lowest BCUT2D eigenvalue weighted by Crippen LogP contribution is -2.48. The summed E-state index contributed by atoms with van der Waals surface area (Å²) in [6.07, 6.45) is 11.1. The first-order valence-corrected chi connectivity index (χ1v) is 14.6. The summed E-state index contributed by atoms with van der Waals surface area (Å²) in [6.45, 7) is 2.18. The van der Waals surface area contributed by atoms with Gasteiger partial charge in [-0.25, -0.2) is 4.79 Å². The first-order valence-electron chi connectivity index (χ1n) is 14.6. The molecule has 3 aromatic rings. The van der Waals surface area contributed by atoms with E-state index in [-0.39, 0.29) is 11.4 Å². The smallest absolute Gasteiger partial charge is 0.337 e. The fraction of sp³-hybridized carbons (Fsp3) is 0.500. The van der Waals surface area contributed by atoms with E-state index in [4.69, 9.17) is 9.47 Å². The van der Waals surface area contributed by atoms with Gasteiger partial charge in [0.2, 0.25) is 0 Å². The number of ether oxygens (including phenoxy) is 2. The first kappa shape index (κ1) is 25.4. The molecule has 0 saturated heterocycles. The second-order valence-corrected chi connectivity index (χ2v) is 12.2. The minimum absolute atomic E-state index is 0.166. The maximum atomic E-state index is 11.9. The third-order valence-corrected chi connectivity index (χ3v) is 9.51. The molecule has 200 valence electrons. The Morgan fingerprint density at radius 2 is 1.55 bits per heavy atom. The Labute approximate surface area is 226 Å². The van der Waals surface area contributed by atoms with Crippen LogP contribution in [0.4, 0.5) is 0 Å². The first-order chi connectivity index (χ1) is 18.5. The molecule has 3 aromatic carbocycles. The number of unbranched alkanes of at least 4 members (excludes halogenated alkanes) is 2. The number of rotatable bonds is 9. The molecule has 4 aliphatic rings. The van der Waals surface area contributed by atoms with Gasteiger partial charge in [-0.15, -0.1) is 0 Å². The van der Waals surface area contributed by atoms with Crippen LogP contribution in [0.15, 0.2) is 54.6 Å². The van der Waals surface area contributed by atoms with Crippen molar-refractivity contribution in [3.05, 3.63) is 65.7 Å². The summed E-state index contributed by atoms with van der Waals surface area (Å²) in [5, 5.41) is 13.2. The number of methoxy groups -OCH3 is 1. The van der Waals surface area contributed by atoms with Crippen LogP contribution in [0, 0.1) is 17.8 Å². The van der Waals surface area contributed by atoms with Gasteiger partial charge in [-0.3, -0.25) is 0 Å². The lowest BCUT2D eigenvalue weighted by atomic mass is 9.48. The molecule has 0 spiro atoms. The maximum absolute atomic E-state index is 11.9. The minimum atomic E-state index is -0.765. The minimum Gasteiger partial charge on any atom is -0.465 e. The highest BCUT2D eigenvalue weighted by Crippen LogP contribution is 2.62. The highest BCUT2D eigenvalue weighted by Gasteiger charge is 2.52. The largest absolute Gasteiger partial charge is 0.465 e.